The summed E-state index contributed by atoms with van der Waals surface area (Å²) in [7, 11) is 0. The standard InChI is InChI=1S/C53H34N2O2/c1-3-11-35(12-4-1)37-23-28-42(29-24-37)55(43-30-25-38(26-31-43)36-13-5-2-6-14-36)49-33-41-27-32-45-44-15-7-9-17-50(44)56-52(45)47(41)34-46(49)39-19-21-40(22-20-39)53-54-48-16-8-10-18-51(48)57-53/h1-34H. The highest BCUT2D eigenvalue weighted by atomic mass is 16.3. The average Bonchev–Trinajstić information content (AvgIpc) is 3.90. The van der Waals surface area contributed by atoms with Crippen molar-refractivity contribution in [2.24, 2.45) is 0 Å². The van der Waals surface area contributed by atoms with E-state index in [0.29, 0.717) is 5.89 Å². The van der Waals surface area contributed by atoms with Gasteiger partial charge in [-0.2, -0.15) is 0 Å². The summed E-state index contributed by atoms with van der Waals surface area (Å²) in [5.74, 6) is 0.601. The van der Waals surface area contributed by atoms with Crippen molar-refractivity contribution in [1.29, 1.82) is 0 Å². The molecule has 11 rings (SSSR count). The van der Waals surface area contributed by atoms with E-state index in [0.717, 1.165) is 77.6 Å². The Labute approximate surface area is 329 Å². The first-order valence-electron chi connectivity index (χ1n) is 19.2. The van der Waals surface area contributed by atoms with Gasteiger partial charge in [0.05, 0.1) is 5.69 Å². The lowest BCUT2D eigenvalue weighted by atomic mass is 9.95. The van der Waals surface area contributed by atoms with Crippen LogP contribution in [0.2, 0.25) is 0 Å². The lowest BCUT2D eigenvalue weighted by Gasteiger charge is -2.29. The molecule has 57 heavy (non-hydrogen) atoms. The van der Waals surface area contributed by atoms with Crippen LogP contribution in [0.5, 0.6) is 0 Å². The number of furan rings is 1. The van der Waals surface area contributed by atoms with Gasteiger partial charge in [0, 0.05) is 38.7 Å². The maximum absolute atomic E-state index is 6.61. The van der Waals surface area contributed by atoms with Crippen molar-refractivity contribution in [1.82, 2.24) is 4.98 Å². The van der Waals surface area contributed by atoms with Gasteiger partial charge >= 0.3 is 0 Å². The fourth-order valence-corrected chi connectivity index (χ4v) is 8.04. The lowest BCUT2D eigenvalue weighted by molar-refractivity contribution is 0.620. The molecule has 2 aromatic heterocycles. The Balaban J connectivity index is 1.12. The highest BCUT2D eigenvalue weighted by molar-refractivity contribution is 6.16. The van der Waals surface area contributed by atoms with Gasteiger partial charge in [-0.1, -0.05) is 133 Å². The molecular weight excluding hydrogens is 697 g/mol. The third-order valence-corrected chi connectivity index (χ3v) is 10.9. The van der Waals surface area contributed by atoms with E-state index in [4.69, 9.17) is 13.8 Å². The lowest BCUT2D eigenvalue weighted by Crippen LogP contribution is -2.11. The van der Waals surface area contributed by atoms with Gasteiger partial charge in [0.15, 0.2) is 5.58 Å². The zero-order valence-electron chi connectivity index (χ0n) is 30.8. The molecule has 0 aliphatic heterocycles. The molecule has 0 radical (unpaired) electrons. The number of hydrogen-bond donors (Lipinski definition) is 0. The fraction of sp³-hybridized carbons (Fsp3) is 0. The molecule has 0 fully saturated rings. The van der Waals surface area contributed by atoms with E-state index in [2.05, 4.69) is 175 Å². The average molecular weight is 731 g/mol. The van der Waals surface area contributed by atoms with Crippen LogP contribution in [-0.4, -0.2) is 4.98 Å². The second-order valence-corrected chi connectivity index (χ2v) is 14.4. The van der Waals surface area contributed by atoms with Crippen molar-refractivity contribution in [3.8, 4) is 44.8 Å². The van der Waals surface area contributed by atoms with Crippen molar-refractivity contribution in [2.45, 2.75) is 0 Å². The number of oxazole rings is 1. The summed E-state index contributed by atoms with van der Waals surface area (Å²) < 4.78 is 12.8. The number of nitrogens with zero attached hydrogens (tertiary/aromatic N) is 2. The molecule has 0 unspecified atom stereocenters. The van der Waals surface area contributed by atoms with Crippen LogP contribution in [0, 0.1) is 0 Å². The van der Waals surface area contributed by atoms with Gasteiger partial charge in [-0.25, -0.2) is 4.98 Å². The van der Waals surface area contributed by atoms with E-state index in [9.17, 15) is 0 Å². The molecule has 0 aliphatic rings. The number of para-hydroxylation sites is 3. The van der Waals surface area contributed by atoms with Crippen molar-refractivity contribution in [3.63, 3.8) is 0 Å². The van der Waals surface area contributed by atoms with Crippen LogP contribution < -0.4 is 4.90 Å². The first kappa shape index (κ1) is 32.7. The molecule has 0 spiro atoms. The number of fused-ring (bicyclic) bond motifs is 6. The molecule has 0 saturated carbocycles. The quantitative estimate of drug-likeness (QED) is 0.164. The number of hydrogen-bond acceptors (Lipinski definition) is 4. The molecule has 268 valence electrons. The van der Waals surface area contributed by atoms with Gasteiger partial charge < -0.3 is 13.7 Å². The zero-order valence-corrected chi connectivity index (χ0v) is 30.8. The van der Waals surface area contributed by atoms with Gasteiger partial charge in [-0.15, -0.1) is 0 Å². The largest absolute Gasteiger partial charge is 0.455 e. The Morgan fingerprint density at radius 3 is 1.56 bits per heavy atom. The molecule has 0 bridgehead atoms. The molecule has 0 amide bonds. The van der Waals surface area contributed by atoms with Gasteiger partial charge in [0.25, 0.3) is 0 Å². The SMILES string of the molecule is c1ccc(-c2ccc(N(c3ccc(-c4ccccc4)cc3)c3cc4ccc5c6ccccc6oc5c4cc3-c3ccc(-c4nc5ccccc5o4)cc3)cc2)cc1. The highest BCUT2D eigenvalue weighted by Gasteiger charge is 2.21. The topological polar surface area (TPSA) is 42.4 Å². The van der Waals surface area contributed by atoms with E-state index in [1.807, 2.05) is 36.4 Å². The Bertz CT molecular complexity index is 3080. The van der Waals surface area contributed by atoms with Crippen molar-refractivity contribution in [3.05, 3.63) is 206 Å². The molecule has 4 heteroatoms. The van der Waals surface area contributed by atoms with Gasteiger partial charge in [-0.3, -0.25) is 0 Å². The van der Waals surface area contributed by atoms with E-state index < -0.39 is 0 Å². The second-order valence-electron chi connectivity index (χ2n) is 14.4. The summed E-state index contributed by atoms with van der Waals surface area (Å²) in [6.45, 7) is 0. The molecule has 11 aromatic rings. The van der Waals surface area contributed by atoms with Crippen molar-refractivity contribution >= 4 is 60.9 Å². The summed E-state index contributed by atoms with van der Waals surface area (Å²) >= 11 is 0. The predicted molar refractivity (Wildman–Crippen MR) is 235 cm³/mol. The van der Waals surface area contributed by atoms with Crippen LogP contribution in [0.15, 0.2) is 215 Å². The first-order valence-corrected chi connectivity index (χ1v) is 19.2. The maximum Gasteiger partial charge on any atom is 0.227 e. The van der Waals surface area contributed by atoms with Crippen LogP contribution in [-0.2, 0) is 0 Å². The van der Waals surface area contributed by atoms with Crippen molar-refractivity contribution < 1.29 is 8.83 Å². The monoisotopic (exact) mass is 730 g/mol. The number of rotatable bonds is 7. The van der Waals surface area contributed by atoms with Gasteiger partial charge in [0.2, 0.25) is 5.89 Å². The van der Waals surface area contributed by atoms with Crippen LogP contribution in [0.1, 0.15) is 0 Å². The summed E-state index contributed by atoms with van der Waals surface area (Å²) in [6, 6.07) is 72.5. The summed E-state index contributed by atoms with van der Waals surface area (Å²) in [6.07, 6.45) is 0. The van der Waals surface area contributed by atoms with Gasteiger partial charge in [-0.05, 0) is 106 Å². The van der Waals surface area contributed by atoms with Crippen LogP contribution >= 0.6 is 0 Å². The van der Waals surface area contributed by atoms with Gasteiger partial charge in [0.1, 0.15) is 16.7 Å². The summed E-state index contributed by atoms with van der Waals surface area (Å²) in [4.78, 5) is 7.15. The highest BCUT2D eigenvalue weighted by Crippen LogP contribution is 2.46. The molecule has 0 aliphatic carbocycles. The van der Waals surface area contributed by atoms with Crippen LogP contribution in [0.3, 0.4) is 0 Å². The maximum atomic E-state index is 6.61. The third-order valence-electron chi connectivity index (χ3n) is 10.9. The Hall–Kier alpha value is -7.69. The first-order chi connectivity index (χ1) is 28.2. The van der Waals surface area contributed by atoms with Crippen LogP contribution in [0.4, 0.5) is 17.1 Å². The third kappa shape index (κ3) is 5.83. The van der Waals surface area contributed by atoms with E-state index in [1.54, 1.807) is 0 Å². The second kappa shape index (κ2) is 13.6. The predicted octanol–water partition coefficient (Wildman–Crippen LogP) is 15.0. The Morgan fingerprint density at radius 2 is 0.912 bits per heavy atom. The molecule has 0 N–H and O–H groups in total. The number of anilines is 3. The molecular formula is C53H34N2O2. The van der Waals surface area contributed by atoms with Crippen LogP contribution in [0.25, 0.3) is 88.6 Å². The summed E-state index contributed by atoms with van der Waals surface area (Å²) in [5, 5.41) is 4.37. The molecule has 0 saturated heterocycles. The minimum absolute atomic E-state index is 0.601. The Morgan fingerprint density at radius 1 is 0.368 bits per heavy atom. The smallest absolute Gasteiger partial charge is 0.227 e. The normalized spacial score (nSPS) is 11.5. The fourth-order valence-electron chi connectivity index (χ4n) is 8.04. The van der Waals surface area contributed by atoms with E-state index in [-0.39, 0.29) is 0 Å². The Kier molecular flexibility index (Phi) is 7.78. The van der Waals surface area contributed by atoms with E-state index >= 15 is 0 Å². The van der Waals surface area contributed by atoms with Crippen molar-refractivity contribution in [2.75, 3.05) is 4.90 Å². The number of aromatic nitrogens is 1. The zero-order chi connectivity index (χ0) is 37.7. The minimum Gasteiger partial charge on any atom is -0.455 e. The number of benzene rings is 9. The molecule has 4 nitrogen and oxygen atoms in total. The molecule has 9 aromatic carbocycles. The molecule has 2 heterocycles. The van der Waals surface area contributed by atoms with E-state index in [1.165, 1.54) is 22.3 Å². The summed E-state index contributed by atoms with van der Waals surface area (Å²) in [5.41, 5.74) is 14.3. The molecule has 0 atom stereocenters. The minimum atomic E-state index is 0.601.